The van der Waals surface area contributed by atoms with Crippen LogP contribution in [0, 0.1) is 23.3 Å². The third-order valence-electron chi connectivity index (χ3n) is 16.6. The predicted octanol–water partition coefficient (Wildman–Crippen LogP) is 15.7. The van der Waals surface area contributed by atoms with Gasteiger partial charge in [0.05, 0.1) is 65.2 Å². The molecule has 29 heteroatoms. The summed E-state index contributed by atoms with van der Waals surface area (Å²) in [4.78, 5) is 86.3. The third-order valence-corrected chi connectivity index (χ3v) is 17.6. The number of aliphatic imine (C=N–C) groups is 4. The van der Waals surface area contributed by atoms with E-state index in [0.717, 1.165) is 18.5 Å². The second-order valence-electron chi connectivity index (χ2n) is 23.7. The molecule has 0 aliphatic carbocycles. The molecule has 0 amide bonds. The lowest BCUT2D eigenvalue weighted by Gasteiger charge is -2.12. The third kappa shape index (κ3) is 14.5. The van der Waals surface area contributed by atoms with E-state index in [0.29, 0.717) is 134 Å². The molecule has 4 aliphatic heterocycles. The highest BCUT2D eigenvalue weighted by molar-refractivity contribution is 6.33. The van der Waals surface area contributed by atoms with Gasteiger partial charge in [0.15, 0.2) is 34.9 Å². The predicted molar refractivity (Wildman–Crippen MR) is 384 cm³/mol. The Morgan fingerprint density at radius 1 is 0.481 bits per heavy atom. The summed E-state index contributed by atoms with van der Waals surface area (Å²) >= 11 is 24.7. The molecule has 0 spiro atoms. The molecule has 0 radical (unpaired) electrons. The summed E-state index contributed by atoms with van der Waals surface area (Å²) in [5.41, 5.74) is 8.46. The number of imidazole rings is 1. The Labute approximate surface area is 609 Å². The molecule has 7 aromatic carbocycles. The molecule has 0 saturated heterocycles. The molecule has 520 valence electrons. The van der Waals surface area contributed by atoms with Gasteiger partial charge in [0, 0.05) is 91.7 Å². The lowest BCUT2D eigenvalue weighted by molar-refractivity contribution is 0.0682. The van der Waals surface area contributed by atoms with Crippen LogP contribution in [-0.2, 0) is 19.6 Å². The van der Waals surface area contributed by atoms with E-state index < -0.39 is 23.6 Å². The van der Waals surface area contributed by atoms with Crippen LogP contribution in [0.2, 0.25) is 20.1 Å². The number of carbonyl (C=O) groups excluding carboxylic acids is 3. The smallest absolute Gasteiger partial charge is 0.375 e. The number of fused-ring (bicyclic) bond motifs is 12. The topological polar surface area (TPSA) is 261 Å². The van der Waals surface area contributed by atoms with Gasteiger partial charge < -0.3 is 9.67 Å². The van der Waals surface area contributed by atoms with Gasteiger partial charge in [-0.2, -0.15) is 0 Å². The van der Waals surface area contributed by atoms with Crippen molar-refractivity contribution in [3.63, 3.8) is 0 Å². The summed E-state index contributed by atoms with van der Waals surface area (Å²) in [5.74, 6) is -1.30. The van der Waals surface area contributed by atoms with E-state index in [1.807, 2.05) is 17.6 Å². The fraction of sp³-hybridized carbons (Fsp3) is 0.147. The molecule has 0 fully saturated rings. The molecule has 0 bridgehead atoms. The van der Waals surface area contributed by atoms with E-state index in [4.69, 9.17) is 46.4 Å². The van der Waals surface area contributed by atoms with E-state index in [1.54, 1.807) is 144 Å². The van der Waals surface area contributed by atoms with Gasteiger partial charge in [-0.3, -0.25) is 39.3 Å². The van der Waals surface area contributed by atoms with Gasteiger partial charge in [-0.05, 0) is 135 Å². The number of nitrogens with zero attached hydrogens (tertiary/aromatic N) is 16. The highest BCUT2D eigenvalue weighted by atomic mass is 35.5. The number of carboxylic acids is 1. The van der Waals surface area contributed by atoms with Crippen LogP contribution in [0.25, 0.3) is 22.7 Å². The van der Waals surface area contributed by atoms with E-state index in [-0.39, 0.29) is 71.8 Å². The van der Waals surface area contributed by atoms with Crippen molar-refractivity contribution in [1.29, 1.82) is 0 Å². The van der Waals surface area contributed by atoms with Crippen LogP contribution in [0.3, 0.4) is 0 Å². The van der Waals surface area contributed by atoms with E-state index in [1.165, 1.54) is 55.1 Å². The summed E-state index contributed by atoms with van der Waals surface area (Å²) in [7, 11) is 0. The fourth-order valence-corrected chi connectivity index (χ4v) is 12.4. The van der Waals surface area contributed by atoms with Crippen molar-refractivity contribution >= 4 is 92.6 Å². The van der Waals surface area contributed by atoms with E-state index in [2.05, 4.69) is 60.2 Å². The molecule has 1 atom stereocenters. The number of unbranched alkanes of at least 4 members (excludes halogenated alkanes) is 1. The Balaban J connectivity index is 0.000000123. The molecule has 21 nitrogen and oxygen atoms in total. The zero-order valence-electron chi connectivity index (χ0n) is 55.2. The van der Waals surface area contributed by atoms with Crippen LogP contribution < -0.4 is 0 Å². The lowest BCUT2D eigenvalue weighted by Crippen LogP contribution is -2.11. The number of carbonyl (C=O) groups is 4. The van der Waals surface area contributed by atoms with Crippen molar-refractivity contribution < 1.29 is 41.8 Å². The zero-order valence-corrected chi connectivity index (χ0v) is 58.3. The normalized spacial score (nSPS) is 13.5. The van der Waals surface area contributed by atoms with Crippen LogP contribution in [0.15, 0.2) is 190 Å². The number of ketones is 3. The van der Waals surface area contributed by atoms with Crippen LogP contribution in [0.4, 0.5) is 17.6 Å². The summed E-state index contributed by atoms with van der Waals surface area (Å²) in [6.45, 7) is 7.21. The number of halogens is 8. The minimum absolute atomic E-state index is 0.0868. The Morgan fingerprint density at radius 3 is 1.43 bits per heavy atom. The molecule has 5 aromatic heterocycles. The first-order valence-electron chi connectivity index (χ1n) is 32.2. The molecule has 12 aromatic rings. The Bertz CT molecular complexity index is 5440. The maximum absolute atomic E-state index is 14.4. The second-order valence-corrected chi connectivity index (χ2v) is 25.4. The SMILES string of the molecule is CC(=O)c1cn2c(n1)CN=C(c1ccccc1F)c1cc(Cl)ccc1-2.CC(=O)c1nc2n(n1)-c1ccc(Cl)cc1C(c1ncccc1F)=NC2.CC1N=C(c2ccccc2F)c2cc(Cl)ccc2-n2nc(C(=O)O)nc21.CCCCC(=O)c1nc2n(n1)-c1ccc(Cl)cc1C(c1ccccc1F)=NC2. The van der Waals surface area contributed by atoms with Gasteiger partial charge in [0.25, 0.3) is 5.82 Å². The number of hydrogen-bond acceptors (Lipinski definition) is 16. The number of pyridine rings is 1. The maximum atomic E-state index is 14.4. The summed E-state index contributed by atoms with van der Waals surface area (Å²) < 4.78 is 63.9. The van der Waals surface area contributed by atoms with E-state index >= 15 is 0 Å². The summed E-state index contributed by atoms with van der Waals surface area (Å²) in [5, 5.41) is 23.9. The van der Waals surface area contributed by atoms with Crippen molar-refractivity contribution in [2.24, 2.45) is 20.0 Å². The maximum Gasteiger partial charge on any atom is 0.375 e. The summed E-state index contributed by atoms with van der Waals surface area (Å²) in [6, 6.07) is 42.3. The Morgan fingerprint density at radius 2 is 0.923 bits per heavy atom. The van der Waals surface area contributed by atoms with Crippen molar-refractivity contribution in [3.8, 4) is 22.7 Å². The second kappa shape index (κ2) is 30.1. The van der Waals surface area contributed by atoms with Crippen LogP contribution >= 0.6 is 46.4 Å². The molecule has 4 aliphatic rings. The van der Waals surface area contributed by atoms with Gasteiger partial charge in [-0.1, -0.05) is 96.1 Å². The monoisotopic (exact) mass is 1470 g/mol. The number of aromatic carboxylic acids is 1. The van der Waals surface area contributed by atoms with Crippen molar-refractivity contribution in [1.82, 2.24) is 58.8 Å². The van der Waals surface area contributed by atoms with Crippen LogP contribution in [0.5, 0.6) is 0 Å². The first-order valence-corrected chi connectivity index (χ1v) is 33.7. The first-order chi connectivity index (χ1) is 50.1. The molecular weight excluding hydrogens is 1420 g/mol. The molecule has 16 rings (SSSR count). The fourth-order valence-electron chi connectivity index (χ4n) is 11.7. The molecule has 9 heterocycles. The molecule has 104 heavy (non-hydrogen) atoms. The standard InChI is InChI=1S/C21H18ClFN4O.C19H13ClFN3O.C18H12ClFN4O2.C17H11ClFN5O/c1-2-3-8-18(28)21-25-19-12-24-20(14-6-4-5-7-16(14)23)15-11-13(22)9-10-17(15)27(19)26-21;1-11(25)16-10-24-17-7-6-12(20)8-14(17)19(22-9-18(24)23-16)13-4-2-3-5-15(13)21;1-9-17-22-16(18(25)26)23-24(17)14-7-6-10(19)8-12(14)15(21-9)11-4-2-3-5-13(11)20;1-9(25)17-22-14-8-21-15(16-12(19)3-2-6-20-16)11-7-10(18)4-5-13(11)24(14)23-17/h4-7,9-11H,2-3,8,12H2,1H3;2-8,10H,9H2,1H3;2-9H,1H3,(H,25,26);2-7H,8H2,1H3. The van der Waals surface area contributed by atoms with Gasteiger partial charge in [0.1, 0.15) is 40.7 Å². The first kappa shape index (κ1) is 70.8. The summed E-state index contributed by atoms with van der Waals surface area (Å²) in [6.07, 6.45) is 5.32. The average Bonchev–Trinajstić information content (AvgIpc) is 1.62. The van der Waals surface area contributed by atoms with Gasteiger partial charge in [-0.15, -0.1) is 15.3 Å². The zero-order chi connectivity index (χ0) is 73.2. The van der Waals surface area contributed by atoms with Gasteiger partial charge in [-0.25, -0.2) is 56.3 Å². The number of benzene rings is 7. The van der Waals surface area contributed by atoms with E-state index in [9.17, 15) is 41.8 Å². The number of rotatable bonds is 11. The van der Waals surface area contributed by atoms with Crippen molar-refractivity contribution in [3.05, 3.63) is 305 Å². The quantitative estimate of drug-likeness (QED) is 0.0934. The molecule has 1 N–H and O–H groups in total. The van der Waals surface area contributed by atoms with Crippen molar-refractivity contribution in [2.45, 2.75) is 72.6 Å². The minimum atomic E-state index is -1.23. The number of carboxylic acid groups (broad SMARTS) is 1. The molecule has 1 unspecified atom stereocenters. The number of Topliss-reactive ketones (excluding diaryl/α,β-unsaturated/α-hetero) is 3. The molecular formula is C75H54Cl4F4N16O5. The van der Waals surface area contributed by atoms with Crippen LogP contribution in [-0.4, -0.2) is 110 Å². The Kier molecular flexibility index (Phi) is 20.5. The largest absolute Gasteiger partial charge is 0.475 e. The molecule has 0 saturated carbocycles. The number of aromatic nitrogens is 12. The Hall–Kier alpha value is -11.6. The lowest BCUT2D eigenvalue weighted by atomic mass is 10.00. The average molecular weight is 1480 g/mol. The number of hydrogen-bond donors (Lipinski definition) is 1. The highest BCUT2D eigenvalue weighted by Gasteiger charge is 2.31. The highest BCUT2D eigenvalue weighted by Crippen LogP contribution is 2.35. The van der Waals surface area contributed by atoms with Crippen molar-refractivity contribution in [2.75, 3.05) is 0 Å². The van der Waals surface area contributed by atoms with Gasteiger partial charge >= 0.3 is 5.97 Å². The van der Waals surface area contributed by atoms with Crippen LogP contribution in [0.1, 0.15) is 163 Å². The van der Waals surface area contributed by atoms with Gasteiger partial charge in [0.2, 0.25) is 17.4 Å². The minimum Gasteiger partial charge on any atom is -0.475 e.